The molecule has 1 aromatic rings. The highest BCUT2D eigenvalue weighted by molar-refractivity contribution is 5.96. The zero-order valence-corrected chi connectivity index (χ0v) is 25.0. The van der Waals surface area contributed by atoms with E-state index >= 15 is 0 Å². The van der Waals surface area contributed by atoms with Gasteiger partial charge in [-0.3, -0.25) is 9.59 Å². The SMILES string of the molecule is CCCC(=O)O[C@@H]1[C@@H]2C=C(CO)[C@@H](O)[C@]3(O)[C@@H](OC(=O)c4c(CC)noc4CC)C(C)=C[C@@]3(C2=O)[C@H](C)CC1(C)C. The molecule has 0 saturated heterocycles. The lowest BCUT2D eigenvalue weighted by Crippen LogP contribution is -2.65. The number of esters is 2. The minimum Gasteiger partial charge on any atom is -0.461 e. The Morgan fingerprint density at radius 2 is 1.85 bits per heavy atom. The van der Waals surface area contributed by atoms with Crippen molar-refractivity contribution >= 4 is 17.7 Å². The third-order valence-electron chi connectivity index (χ3n) is 9.32. The topological polar surface area (TPSA) is 156 Å². The molecule has 3 N–H and O–H groups in total. The first kappa shape index (κ1) is 31.1. The van der Waals surface area contributed by atoms with E-state index in [4.69, 9.17) is 14.0 Å². The Morgan fingerprint density at radius 1 is 1.17 bits per heavy atom. The van der Waals surface area contributed by atoms with Gasteiger partial charge in [0.2, 0.25) is 0 Å². The zero-order chi connectivity index (χ0) is 30.5. The number of hydrogen-bond donors (Lipinski definition) is 3. The largest absolute Gasteiger partial charge is 0.461 e. The summed E-state index contributed by atoms with van der Waals surface area (Å²) in [7, 11) is 0. The second kappa shape index (κ2) is 11.1. The summed E-state index contributed by atoms with van der Waals surface area (Å²) in [4.78, 5) is 41.0. The summed E-state index contributed by atoms with van der Waals surface area (Å²) in [6.07, 6.45) is 0.857. The molecule has 0 aromatic carbocycles. The van der Waals surface area contributed by atoms with Crippen LogP contribution in [0, 0.1) is 22.7 Å². The zero-order valence-electron chi connectivity index (χ0n) is 25.0. The summed E-state index contributed by atoms with van der Waals surface area (Å²) >= 11 is 0. The van der Waals surface area contributed by atoms with Gasteiger partial charge in [0.25, 0.3) is 0 Å². The number of carbonyl (C=O) groups excluding carboxylic acids is 3. The molecule has 3 aliphatic rings. The van der Waals surface area contributed by atoms with Gasteiger partial charge in [-0.15, -0.1) is 0 Å². The van der Waals surface area contributed by atoms with Crippen LogP contribution in [0.5, 0.6) is 0 Å². The van der Waals surface area contributed by atoms with Crippen molar-refractivity contribution in [1.29, 1.82) is 0 Å². The average molecular weight is 574 g/mol. The Bertz CT molecular complexity index is 1250. The Labute approximate surface area is 240 Å². The quantitative estimate of drug-likeness (QED) is 0.312. The number of aliphatic hydroxyl groups is 3. The van der Waals surface area contributed by atoms with Crippen LogP contribution in [0.15, 0.2) is 27.8 Å². The molecule has 226 valence electrons. The van der Waals surface area contributed by atoms with E-state index in [-0.39, 0.29) is 17.6 Å². The molecule has 2 bridgehead atoms. The number of aryl methyl sites for hydroxylation is 2. The lowest BCUT2D eigenvalue weighted by molar-refractivity contribution is -0.190. The fourth-order valence-corrected chi connectivity index (χ4v) is 7.47. The van der Waals surface area contributed by atoms with Gasteiger partial charge < -0.3 is 29.3 Å². The van der Waals surface area contributed by atoms with Crippen LogP contribution < -0.4 is 0 Å². The molecule has 1 spiro atoms. The minimum absolute atomic E-state index is 0.00760. The highest BCUT2D eigenvalue weighted by Gasteiger charge is 2.73. The first-order valence-corrected chi connectivity index (χ1v) is 14.6. The monoisotopic (exact) mass is 573 g/mol. The fraction of sp³-hybridized carbons (Fsp3) is 0.677. The van der Waals surface area contributed by atoms with Crippen molar-refractivity contribution in [3.05, 3.63) is 40.3 Å². The van der Waals surface area contributed by atoms with Gasteiger partial charge in [-0.2, -0.15) is 0 Å². The number of ether oxygens (including phenoxy) is 2. The lowest BCUT2D eigenvalue weighted by Gasteiger charge is -2.48. The number of ketones is 1. The Kier molecular flexibility index (Phi) is 8.44. The predicted octanol–water partition coefficient (Wildman–Crippen LogP) is 3.26. The van der Waals surface area contributed by atoms with E-state index < -0.39 is 70.9 Å². The number of Topliss-reactive ketones (excluding diaryl/α,β-unsaturated/α-hetero) is 1. The molecular weight excluding hydrogens is 530 g/mol. The van der Waals surface area contributed by atoms with E-state index in [0.29, 0.717) is 42.7 Å². The van der Waals surface area contributed by atoms with Crippen LogP contribution in [-0.2, 0) is 31.9 Å². The second-order valence-corrected chi connectivity index (χ2v) is 12.4. The maximum absolute atomic E-state index is 14.7. The number of rotatable bonds is 8. The molecular formula is C31H43NO9. The standard InChI is InChI=1S/C31H43NO9/c1-8-11-22(34)39-27-19-12-18(15-33)24(35)31(38)26(40-28(37)23-20(9-2)32-41-21(23)10-3)16(4)13-30(31,25(19)36)17(5)14-29(27,6)7/h12-13,17,19,24,26-27,33,35,38H,8-11,14-15H2,1-7H3/t17-,19-,24-,26+,27-,30+,31+/m1/s1. The Morgan fingerprint density at radius 3 is 2.44 bits per heavy atom. The van der Waals surface area contributed by atoms with Crippen molar-refractivity contribution in [2.75, 3.05) is 6.61 Å². The Balaban J connectivity index is 1.88. The van der Waals surface area contributed by atoms with E-state index in [9.17, 15) is 29.7 Å². The second-order valence-electron chi connectivity index (χ2n) is 12.4. The van der Waals surface area contributed by atoms with Crippen LogP contribution in [0.2, 0.25) is 0 Å². The highest BCUT2D eigenvalue weighted by Crippen LogP contribution is 2.61. The maximum Gasteiger partial charge on any atom is 0.344 e. The normalized spacial score (nSPS) is 34.2. The molecule has 4 rings (SSSR count). The number of fused-ring (bicyclic) bond motifs is 1. The third kappa shape index (κ3) is 4.58. The molecule has 41 heavy (non-hydrogen) atoms. The highest BCUT2D eigenvalue weighted by atomic mass is 16.6. The number of nitrogens with zero attached hydrogens (tertiary/aromatic N) is 1. The van der Waals surface area contributed by atoms with Crippen molar-refractivity contribution in [1.82, 2.24) is 5.16 Å². The lowest BCUT2D eigenvalue weighted by atomic mass is 9.59. The van der Waals surface area contributed by atoms with Gasteiger partial charge in [0.1, 0.15) is 17.8 Å². The van der Waals surface area contributed by atoms with Gasteiger partial charge in [0.05, 0.1) is 23.6 Å². The molecule has 1 fully saturated rings. The van der Waals surface area contributed by atoms with Crippen molar-refractivity contribution in [2.24, 2.45) is 22.7 Å². The van der Waals surface area contributed by atoms with Gasteiger partial charge in [-0.05, 0) is 43.3 Å². The molecule has 3 aliphatic carbocycles. The Hall–Kier alpha value is -2.82. The van der Waals surface area contributed by atoms with Gasteiger partial charge >= 0.3 is 11.9 Å². The van der Waals surface area contributed by atoms with Crippen LogP contribution in [0.3, 0.4) is 0 Å². The van der Waals surface area contributed by atoms with Crippen molar-refractivity contribution in [3.63, 3.8) is 0 Å². The van der Waals surface area contributed by atoms with E-state index in [1.54, 1.807) is 13.0 Å². The van der Waals surface area contributed by atoms with E-state index in [0.717, 1.165) is 0 Å². The molecule has 10 nitrogen and oxygen atoms in total. The molecule has 0 unspecified atom stereocenters. The smallest absolute Gasteiger partial charge is 0.344 e. The van der Waals surface area contributed by atoms with Gasteiger partial charge in [-0.25, -0.2) is 4.79 Å². The molecule has 10 heteroatoms. The molecule has 0 aliphatic heterocycles. The molecule has 0 amide bonds. The first-order chi connectivity index (χ1) is 19.2. The number of carbonyl (C=O) groups is 3. The summed E-state index contributed by atoms with van der Waals surface area (Å²) in [6.45, 7) is 12.1. The molecule has 1 saturated carbocycles. The maximum atomic E-state index is 14.7. The molecule has 1 aromatic heterocycles. The predicted molar refractivity (Wildman–Crippen MR) is 148 cm³/mol. The number of hydrogen-bond acceptors (Lipinski definition) is 10. The third-order valence-corrected chi connectivity index (χ3v) is 9.32. The summed E-state index contributed by atoms with van der Waals surface area (Å²) in [5, 5.41) is 38.8. The summed E-state index contributed by atoms with van der Waals surface area (Å²) in [6, 6.07) is 0. The van der Waals surface area contributed by atoms with Crippen LogP contribution in [0.4, 0.5) is 0 Å². The van der Waals surface area contributed by atoms with Gasteiger partial charge in [0, 0.05) is 18.3 Å². The van der Waals surface area contributed by atoms with Gasteiger partial charge in [-0.1, -0.05) is 58.9 Å². The summed E-state index contributed by atoms with van der Waals surface area (Å²) in [5.74, 6) is -2.98. The van der Waals surface area contributed by atoms with Gasteiger partial charge in [0.15, 0.2) is 23.2 Å². The molecule has 7 atom stereocenters. The summed E-state index contributed by atoms with van der Waals surface area (Å²) < 4.78 is 17.3. The molecule has 1 heterocycles. The van der Waals surface area contributed by atoms with E-state index in [1.807, 2.05) is 41.5 Å². The number of aromatic nitrogens is 1. The van der Waals surface area contributed by atoms with Crippen LogP contribution in [0.1, 0.15) is 89.5 Å². The van der Waals surface area contributed by atoms with Crippen LogP contribution >= 0.6 is 0 Å². The fourth-order valence-electron chi connectivity index (χ4n) is 7.47. The van der Waals surface area contributed by atoms with E-state index in [1.165, 1.54) is 6.08 Å². The van der Waals surface area contributed by atoms with Crippen molar-refractivity contribution in [3.8, 4) is 0 Å². The minimum atomic E-state index is -2.35. The summed E-state index contributed by atoms with van der Waals surface area (Å²) in [5.41, 5.74) is -3.81. The van der Waals surface area contributed by atoms with Crippen LogP contribution in [0.25, 0.3) is 0 Å². The van der Waals surface area contributed by atoms with Crippen molar-refractivity contribution < 1.29 is 43.7 Å². The first-order valence-electron chi connectivity index (χ1n) is 14.6. The van der Waals surface area contributed by atoms with E-state index in [2.05, 4.69) is 5.16 Å². The number of aliphatic hydroxyl groups excluding tert-OH is 2. The van der Waals surface area contributed by atoms with Crippen LogP contribution in [-0.4, -0.2) is 68.7 Å². The van der Waals surface area contributed by atoms with Crippen molar-refractivity contribution in [2.45, 2.75) is 104 Å². The molecule has 0 radical (unpaired) electrons. The average Bonchev–Trinajstić information content (AvgIpc) is 3.41.